The van der Waals surface area contributed by atoms with E-state index in [1.165, 1.54) is 6.42 Å². The number of hydrogen-bond acceptors (Lipinski definition) is 3. The topological polar surface area (TPSA) is 45.2 Å². The van der Waals surface area contributed by atoms with E-state index in [2.05, 4.69) is 10.3 Å². The molecular weight excluding hydrogens is 202 g/mol. The van der Waals surface area contributed by atoms with Gasteiger partial charge in [0.1, 0.15) is 5.69 Å². The van der Waals surface area contributed by atoms with Gasteiger partial charge in [-0.15, -0.1) is 0 Å². The summed E-state index contributed by atoms with van der Waals surface area (Å²) >= 11 is 0. The number of nitrogens with one attached hydrogen (secondary N) is 1. The Balaban J connectivity index is 1.73. The minimum atomic E-state index is 0.0665. The molecule has 3 heterocycles. The molecule has 1 N–H and O–H groups in total. The highest BCUT2D eigenvalue weighted by Crippen LogP contribution is 2.25. The second-order valence-electron chi connectivity index (χ2n) is 4.53. The Labute approximate surface area is 94.7 Å². The Hall–Kier alpha value is -1.42. The number of carbonyl (C=O) groups is 1. The number of amides is 1. The molecule has 0 bridgehead atoms. The second-order valence-corrected chi connectivity index (χ2v) is 4.53. The first-order chi connectivity index (χ1) is 7.84. The Kier molecular flexibility index (Phi) is 2.36. The highest BCUT2D eigenvalue weighted by molar-refractivity contribution is 5.92. The minimum Gasteiger partial charge on any atom is -0.335 e. The molecule has 2 aliphatic heterocycles. The van der Waals surface area contributed by atoms with Crippen molar-refractivity contribution in [3.05, 3.63) is 30.1 Å². The van der Waals surface area contributed by atoms with Gasteiger partial charge >= 0.3 is 0 Å². The first-order valence-corrected chi connectivity index (χ1v) is 5.78. The molecule has 0 saturated carbocycles. The fourth-order valence-corrected chi connectivity index (χ4v) is 2.67. The van der Waals surface area contributed by atoms with Crippen LogP contribution in [-0.4, -0.2) is 41.5 Å². The van der Waals surface area contributed by atoms with E-state index in [1.54, 1.807) is 12.3 Å². The summed E-state index contributed by atoms with van der Waals surface area (Å²) in [6.07, 6.45) is 2.86. The molecule has 2 atom stereocenters. The maximum Gasteiger partial charge on any atom is 0.272 e. The molecule has 0 radical (unpaired) electrons. The third kappa shape index (κ3) is 1.59. The third-order valence-electron chi connectivity index (χ3n) is 3.53. The normalized spacial score (nSPS) is 28.1. The molecule has 1 aromatic heterocycles. The van der Waals surface area contributed by atoms with Crippen LogP contribution >= 0.6 is 0 Å². The quantitative estimate of drug-likeness (QED) is 0.745. The van der Waals surface area contributed by atoms with Gasteiger partial charge < -0.3 is 10.2 Å². The van der Waals surface area contributed by atoms with Crippen molar-refractivity contribution >= 4 is 5.91 Å². The average Bonchev–Trinajstić information content (AvgIpc) is 2.89. The van der Waals surface area contributed by atoms with Gasteiger partial charge in [-0.2, -0.15) is 0 Å². The fraction of sp³-hybridized carbons (Fsp3) is 0.500. The molecule has 2 fully saturated rings. The Morgan fingerprint density at radius 1 is 1.44 bits per heavy atom. The van der Waals surface area contributed by atoms with E-state index in [9.17, 15) is 4.79 Å². The molecule has 2 aliphatic rings. The van der Waals surface area contributed by atoms with Crippen LogP contribution in [0.25, 0.3) is 0 Å². The van der Waals surface area contributed by atoms with Gasteiger partial charge in [0.2, 0.25) is 0 Å². The van der Waals surface area contributed by atoms with Crippen LogP contribution in [0.5, 0.6) is 0 Å². The molecule has 2 unspecified atom stereocenters. The number of rotatable bonds is 1. The van der Waals surface area contributed by atoms with Crippen LogP contribution in [0.4, 0.5) is 0 Å². The molecule has 0 aromatic carbocycles. The van der Waals surface area contributed by atoms with Gasteiger partial charge in [0.05, 0.1) is 0 Å². The van der Waals surface area contributed by atoms with E-state index in [-0.39, 0.29) is 5.91 Å². The summed E-state index contributed by atoms with van der Waals surface area (Å²) in [4.78, 5) is 18.1. The summed E-state index contributed by atoms with van der Waals surface area (Å²) in [5.74, 6) is 0.712. The number of pyridine rings is 1. The summed E-state index contributed by atoms with van der Waals surface area (Å²) < 4.78 is 0. The maximum atomic E-state index is 12.1. The number of likely N-dealkylation sites (tertiary alicyclic amines) is 1. The standard InChI is InChI=1S/C12H15N3O/c16-12(10-3-1-2-5-13-10)15-7-9-4-6-14-11(9)8-15/h1-3,5,9,11,14H,4,6-8H2. The second kappa shape index (κ2) is 3.87. The number of hydrogen-bond donors (Lipinski definition) is 1. The lowest BCUT2D eigenvalue weighted by atomic mass is 10.1. The Morgan fingerprint density at radius 2 is 2.38 bits per heavy atom. The number of carbonyl (C=O) groups excluding carboxylic acids is 1. The summed E-state index contributed by atoms with van der Waals surface area (Å²) in [7, 11) is 0. The zero-order chi connectivity index (χ0) is 11.0. The van der Waals surface area contributed by atoms with Crippen LogP contribution in [0.15, 0.2) is 24.4 Å². The molecule has 1 aromatic rings. The van der Waals surface area contributed by atoms with Crippen molar-refractivity contribution < 1.29 is 4.79 Å². The lowest BCUT2D eigenvalue weighted by Crippen LogP contribution is -2.34. The smallest absolute Gasteiger partial charge is 0.272 e. The van der Waals surface area contributed by atoms with Crippen LogP contribution in [0.2, 0.25) is 0 Å². The number of nitrogens with zero attached hydrogens (tertiary/aromatic N) is 2. The van der Waals surface area contributed by atoms with E-state index in [4.69, 9.17) is 0 Å². The van der Waals surface area contributed by atoms with Crippen LogP contribution < -0.4 is 5.32 Å². The monoisotopic (exact) mass is 217 g/mol. The third-order valence-corrected chi connectivity index (χ3v) is 3.53. The van der Waals surface area contributed by atoms with Crippen LogP contribution in [0.3, 0.4) is 0 Å². The first-order valence-electron chi connectivity index (χ1n) is 5.78. The maximum absolute atomic E-state index is 12.1. The molecular formula is C12H15N3O. The van der Waals surface area contributed by atoms with E-state index in [0.717, 1.165) is 19.6 Å². The molecule has 4 nitrogen and oxygen atoms in total. The van der Waals surface area contributed by atoms with E-state index >= 15 is 0 Å². The molecule has 1 amide bonds. The van der Waals surface area contributed by atoms with Gasteiger partial charge in [0.15, 0.2) is 0 Å². The van der Waals surface area contributed by atoms with Crippen molar-refractivity contribution in [1.29, 1.82) is 0 Å². The lowest BCUT2D eigenvalue weighted by molar-refractivity contribution is 0.0777. The SMILES string of the molecule is O=C(c1ccccn1)N1CC2CCNC2C1. The van der Waals surface area contributed by atoms with Gasteiger partial charge in [0.25, 0.3) is 5.91 Å². The molecule has 2 saturated heterocycles. The van der Waals surface area contributed by atoms with Gasteiger partial charge in [-0.1, -0.05) is 6.07 Å². The minimum absolute atomic E-state index is 0.0665. The Bertz CT molecular complexity index is 381. The fourth-order valence-electron chi connectivity index (χ4n) is 2.67. The predicted octanol–water partition coefficient (Wildman–Crippen LogP) is 0.515. The zero-order valence-corrected chi connectivity index (χ0v) is 9.10. The van der Waals surface area contributed by atoms with Crippen LogP contribution in [0.1, 0.15) is 16.9 Å². The number of fused-ring (bicyclic) bond motifs is 1. The summed E-state index contributed by atoms with van der Waals surface area (Å²) in [5.41, 5.74) is 0.558. The summed E-state index contributed by atoms with van der Waals surface area (Å²) in [6, 6.07) is 5.98. The number of aromatic nitrogens is 1. The van der Waals surface area contributed by atoms with Crippen LogP contribution in [0, 0.1) is 5.92 Å². The molecule has 16 heavy (non-hydrogen) atoms. The van der Waals surface area contributed by atoms with Crippen molar-refractivity contribution in [2.24, 2.45) is 5.92 Å². The summed E-state index contributed by atoms with van der Waals surface area (Å²) in [6.45, 7) is 2.81. The molecule has 84 valence electrons. The van der Waals surface area contributed by atoms with E-state index in [1.807, 2.05) is 17.0 Å². The van der Waals surface area contributed by atoms with Gasteiger partial charge in [0, 0.05) is 25.3 Å². The van der Waals surface area contributed by atoms with Gasteiger partial charge in [-0.05, 0) is 31.0 Å². The largest absolute Gasteiger partial charge is 0.335 e. The molecule has 0 aliphatic carbocycles. The van der Waals surface area contributed by atoms with Crippen LogP contribution in [-0.2, 0) is 0 Å². The zero-order valence-electron chi connectivity index (χ0n) is 9.10. The highest BCUT2D eigenvalue weighted by Gasteiger charge is 2.38. The van der Waals surface area contributed by atoms with Crippen molar-refractivity contribution in [3.63, 3.8) is 0 Å². The average molecular weight is 217 g/mol. The van der Waals surface area contributed by atoms with Gasteiger partial charge in [-0.3, -0.25) is 9.78 Å². The van der Waals surface area contributed by atoms with Crippen molar-refractivity contribution in [2.45, 2.75) is 12.5 Å². The lowest BCUT2D eigenvalue weighted by Gasteiger charge is -2.16. The van der Waals surface area contributed by atoms with E-state index < -0.39 is 0 Å². The van der Waals surface area contributed by atoms with Crippen molar-refractivity contribution in [3.8, 4) is 0 Å². The Morgan fingerprint density at radius 3 is 3.12 bits per heavy atom. The molecule has 3 rings (SSSR count). The highest BCUT2D eigenvalue weighted by atomic mass is 16.2. The molecule has 4 heteroatoms. The summed E-state index contributed by atoms with van der Waals surface area (Å²) in [5, 5.41) is 3.44. The molecule has 0 spiro atoms. The first kappa shape index (κ1) is 9.78. The van der Waals surface area contributed by atoms with Crippen molar-refractivity contribution in [1.82, 2.24) is 15.2 Å². The van der Waals surface area contributed by atoms with Crippen molar-refractivity contribution in [2.75, 3.05) is 19.6 Å². The predicted molar refractivity (Wildman–Crippen MR) is 60.0 cm³/mol. The van der Waals surface area contributed by atoms with Gasteiger partial charge in [-0.25, -0.2) is 0 Å². The van der Waals surface area contributed by atoms with E-state index in [0.29, 0.717) is 17.7 Å².